The molecule has 2 fully saturated rings. The maximum Gasteiger partial charge on any atom is 0.406 e. The quantitative estimate of drug-likeness (QED) is 0.262. The van der Waals surface area contributed by atoms with Crippen molar-refractivity contribution < 1.29 is 31.6 Å². The monoisotopic (exact) mass is 650 g/mol. The van der Waals surface area contributed by atoms with Crippen LogP contribution in [-0.2, 0) is 17.8 Å². The van der Waals surface area contributed by atoms with Crippen molar-refractivity contribution in [1.29, 1.82) is 0 Å². The molecule has 16 heteroatoms. The fourth-order valence-corrected chi connectivity index (χ4v) is 6.72. The second-order valence-electron chi connectivity index (χ2n) is 11.7. The summed E-state index contributed by atoms with van der Waals surface area (Å²) in [5.74, 6) is -0.508. The van der Waals surface area contributed by atoms with Crippen LogP contribution in [-0.4, -0.2) is 94.3 Å². The van der Waals surface area contributed by atoms with Crippen LogP contribution in [0.1, 0.15) is 36.6 Å². The molecule has 5 heterocycles. The fraction of sp³-hybridized carbons (Fsp3) is 0.517. The standard InChI is InChI=1S/C29H34F4N8O3S/c1-16-11-40(12-17(2)43-16)28-36-22(14-45-28)27(42)34-10-25-37-26(38-44-25)24-9-18-20(35-21-7-8-39(3)13-19(21)30)5-4-6-23(18)41(24)15-29(31,32)33/h4-6,9,14,16-17,19,21,35H,7-8,10-13,15H2,1-3H3,(H,34,42)/t16-,17-,19-,21+/m0/s1. The van der Waals surface area contributed by atoms with E-state index in [2.05, 4.69) is 30.7 Å². The minimum atomic E-state index is -4.54. The van der Waals surface area contributed by atoms with Crippen molar-refractivity contribution in [3.8, 4) is 11.5 Å². The molecule has 4 aromatic rings. The van der Waals surface area contributed by atoms with Gasteiger partial charge in [0.05, 0.1) is 36.0 Å². The van der Waals surface area contributed by atoms with Crippen LogP contribution in [0.4, 0.5) is 28.4 Å². The van der Waals surface area contributed by atoms with E-state index in [1.807, 2.05) is 25.8 Å². The summed E-state index contributed by atoms with van der Waals surface area (Å²) in [5, 5.41) is 12.7. The largest absolute Gasteiger partial charge is 0.406 e. The Bertz CT molecular complexity index is 1650. The molecule has 45 heavy (non-hydrogen) atoms. The Kier molecular flexibility index (Phi) is 8.72. The first kappa shape index (κ1) is 31.2. The molecule has 2 N–H and O–H groups in total. The van der Waals surface area contributed by atoms with E-state index in [0.717, 1.165) is 4.57 Å². The maximum atomic E-state index is 14.8. The van der Waals surface area contributed by atoms with Crippen molar-refractivity contribution in [2.75, 3.05) is 43.4 Å². The summed E-state index contributed by atoms with van der Waals surface area (Å²) < 4.78 is 68.1. The highest BCUT2D eigenvalue weighted by molar-refractivity contribution is 7.13. The minimum absolute atomic E-state index is 0.0124. The number of nitrogens with one attached hydrogen (secondary N) is 2. The first-order chi connectivity index (χ1) is 21.4. The van der Waals surface area contributed by atoms with Gasteiger partial charge in [0.15, 0.2) is 5.13 Å². The molecule has 0 aliphatic carbocycles. The fourth-order valence-electron chi connectivity index (χ4n) is 5.89. The Labute approximate surface area is 260 Å². The van der Waals surface area contributed by atoms with E-state index in [1.165, 1.54) is 11.3 Å². The molecule has 1 aromatic carbocycles. The number of carbonyl (C=O) groups excluding carboxylic acids is 1. The smallest absolute Gasteiger partial charge is 0.379 e. The van der Waals surface area contributed by atoms with Gasteiger partial charge in [-0.2, -0.15) is 18.2 Å². The number of hydrogen-bond donors (Lipinski definition) is 2. The highest BCUT2D eigenvalue weighted by Gasteiger charge is 2.32. The van der Waals surface area contributed by atoms with E-state index in [0.29, 0.717) is 47.8 Å². The van der Waals surface area contributed by atoms with Crippen molar-refractivity contribution in [3.63, 3.8) is 0 Å². The van der Waals surface area contributed by atoms with E-state index in [-0.39, 0.29) is 48.4 Å². The van der Waals surface area contributed by atoms with Crippen LogP contribution in [0.2, 0.25) is 0 Å². The Morgan fingerprint density at radius 3 is 2.67 bits per heavy atom. The molecule has 4 atom stereocenters. The first-order valence-electron chi connectivity index (χ1n) is 14.7. The molecule has 2 saturated heterocycles. The van der Waals surface area contributed by atoms with Gasteiger partial charge in [-0.15, -0.1) is 11.3 Å². The highest BCUT2D eigenvalue weighted by atomic mass is 32.1. The SMILES string of the molecule is C[C@H]1CN(c2nc(C(=O)NCc3nc(-c4cc5c(N[C@@H]6CCN(C)C[C@@H]6F)cccc5n4CC(F)(F)F)no3)cs2)C[C@H](C)O1. The molecule has 3 aromatic heterocycles. The van der Waals surface area contributed by atoms with E-state index in [9.17, 15) is 22.4 Å². The number of halogens is 4. The summed E-state index contributed by atoms with van der Waals surface area (Å²) in [5.41, 5.74) is 1.12. The molecule has 242 valence electrons. The second-order valence-corrected chi connectivity index (χ2v) is 12.5. The van der Waals surface area contributed by atoms with Crippen LogP contribution in [0, 0.1) is 0 Å². The van der Waals surface area contributed by atoms with Gasteiger partial charge in [-0.1, -0.05) is 11.2 Å². The molecule has 2 aliphatic rings. The number of amides is 1. The molecule has 11 nitrogen and oxygen atoms in total. The van der Waals surface area contributed by atoms with Crippen molar-refractivity contribution >= 4 is 39.0 Å². The Hall–Kier alpha value is -3.76. The topological polar surface area (TPSA) is 114 Å². The summed E-state index contributed by atoms with van der Waals surface area (Å²) in [6.45, 7) is 4.84. The lowest BCUT2D eigenvalue weighted by molar-refractivity contribution is -0.139. The number of carbonyl (C=O) groups is 1. The summed E-state index contributed by atoms with van der Waals surface area (Å²) in [6.07, 6.45) is -5.03. The molecular weight excluding hydrogens is 616 g/mol. The number of nitrogens with zero attached hydrogens (tertiary/aromatic N) is 6. The maximum absolute atomic E-state index is 14.8. The number of likely N-dealkylation sites (tertiary alicyclic amines) is 1. The van der Waals surface area contributed by atoms with Gasteiger partial charge in [0.2, 0.25) is 11.7 Å². The van der Waals surface area contributed by atoms with E-state index >= 15 is 0 Å². The highest BCUT2D eigenvalue weighted by Crippen LogP contribution is 2.35. The van der Waals surface area contributed by atoms with Crippen LogP contribution in [0.15, 0.2) is 34.2 Å². The predicted molar refractivity (Wildman–Crippen MR) is 161 cm³/mol. The third-order valence-electron chi connectivity index (χ3n) is 7.88. The van der Waals surface area contributed by atoms with E-state index < -0.39 is 30.8 Å². The van der Waals surface area contributed by atoms with E-state index in [4.69, 9.17) is 9.26 Å². The lowest BCUT2D eigenvalue weighted by atomic mass is 10.0. The van der Waals surface area contributed by atoms with Crippen molar-refractivity contribution in [3.05, 3.63) is 41.2 Å². The summed E-state index contributed by atoms with van der Waals surface area (Å²) in [6, 6.07) is 5.99. The number of fused-ring (bicyclic) bond motifs is 1. The number of aromatic nitrogens is 4. The average Bonchev–Trinajstić information content (AvgIpc) is 3.72. The Balaban J connectivity index is 1.19. The molecule has 0 bridgehead atoms. The zero-order chi connectivity index (χ0) is 31.9. The number of morpholine rings is 1. The summed E-state index contributed by atoms with van der Waals surface area (Å²) in [7, 11) is 1.85. The molecular formula is C29H34F4N8O3S. The third kappa shape index (κ3) is 7.07. The van der Waals surface area contributed by atoms with Crippen LogP contribution < -0.4 is 15.5 Å². The van der Waals surface area contributed by atoms with Gasteiger partial charge < -0.3 is 34.3 Å². The minimum Gasteiger partial charge on any atom is -0.379 e. The molecule has 0 saturated carbocycles. The number of hydrogen-bond acceptors (Lipinski definition) is 10. The van der Waals surface area contributed by atoms with Crippen molar-refractivity contribution in [2.45, 2.75) is 64.0 Å². The number of benzene rings is 1. The molecule has 6 rings (SSSR count). The second kappa shape index (κ2) is 12.6. The normalized spacial score (nSPS) is 23.0. The molecule has 0 radical (unpaired) electrons. The van der Waals surface area contributed by atoms with Gasteiger partial charge in [-0.25, -0.2) is 9.37 Å². The number of thiazole rings is 1. The third-order valence-corrected chi connectivity index (χ3v) is 8.78. The van der Waals surface area contributed by atoms with Gasteiger partial charge in [0.1, 0.15) is 18.4 Å². The Morgan fingerprint density at radius 1 is 1.16 bits per heavy atom. The van der Waals surface area contributed by atoms with Gasteiger partial charge in [-0.05, 0) is 45.5 Å². The zero-order valence-electron chi connectivity index (χ0n) is 25.0. The lowest BCUT2D eigenvalue weighted by Gasteiger charge is -2.35. The van der Waals surface area contributed by atoms with E-state index in [1.54, 1.807) is 29.6 Å². The molecule has 0 spiro atoms. The number of ether oxygens (including phenoxy) is 1. The van der Waals surface area contributed by atoms with Crippen LogP contribution in [0.3, 0.4) is 0 Å². The van der Waals surface area contributed by atoms with Crippen LogP contribution >= 0.6 is 11.3 Å². The van der Waals surface area contributed by atoms with Gasteiger partial charge in [-0.3, -0.25) is 4.79 Å². The lowest BCUT2D eigenvalue weighted by Crippen LogP contribution is -2.46. The van der Waals surface area contributed by atoms with Crippen LogP contribution in [0.5, 0.6) is 0 Å². The average molecular weight is 651 g/mol. The van der Waals surface area contributed by atoms with Gasteiger partial charge >= 0.3 is 6.18 Å². The number of alkyl halides is 4. The molecule has 0 unspecified atom stereocenters. The molecule has 1 amide bonds. The van der Waals surface area contributed by atoms with Gasteiger partial charge in [0.25, 0.3) is 5.91 Å². The first-order valence-corrected chi connectivity index (χ1v) is 15.6. The number of anilines is 2. The number of piperidine rings is 1. The zero-order valence-corrected chi connectivity index (χ0v) is 25.8. The van der Waals surface area contributed by atoms with Crippen molar-refractivity contribution in [1.82, 2.24) is 29.9 Å². The van der Waals surface area contributed by atoms with Crippen LogP contribution in [0.25, 0.3) is 22.4 Å². The summed E-state index contributed by atoms with van der Waals surface area (Å²) in [4.78, 5) is 25.6. The van der Waals surface area contributed by atoms with Gasteiger partial charge in [0, 0.05) is 42.6 Å². The molecule has 2 aliphatic heterocycles. The Morgan fingerprint density at radius 2 is 1.93 bits per heavy atom. The van der Waals surface area contributed by atoms with Crippen molar-refractivity contribution in [2.24, 2.45) is 0 Å². The summed E-state index contributed by atoms with van der Waals surface area (Å²) >= 11 is 1.36. The predicted octanol–water partition coefficient (Wildman–Crippen LogP) is 4.71. The number of rotatable bonds is 8.